The predicted octanol–water partition coefficient (Wildman–Crippen LogP) is 0.949. The Morgan fingerprint density at radius 2 is 1.89 bits per heavy atom. The second kappa shape index (κ2) is 7.19. The Hall–Kier alpha value is -2.61. The van der Waals surface area contributed by atoms with Gasteiger partial charge in [-0.15, -0.1) is 0 Å². The van der Waals surface area contributed by atoms with Crippen molar-refractivity contribution in [3.05, 3.63) is 23.8 Å². The number of benzene rings is 1. The Balaban J connectivity index is 1.71. The Kier molecular flexibility index (Phi) is 4.73. The first-order valence-corrected chi connectivity index (χ1v) is 9.37. The molecule has 1 unspecified atom stereocenters. The average molecular weight is 373 g/mol. The average Bonchev–Trinajstić information content (AvgIpc) is 2.70. The number of carbonyl (C=O) groups is 3. The molecule has 3 heterocycles. The summed E-state index contributed by atoms with van der Waals surface area (Å²) in [5.41, 5.74) is 1.81. The fourth-order valence-electron chi connectivity index (χ4n) is 4.14. The number of amides is 2. The summed E-state index contributed by atoms with van der Waals surface area (Å²) in [6.07, 6.45) is 2.68. The normalized spacial score (nSPS) is 22.3. The summed E-state index contributed by atoms with van der Waals surface area (Å²) in [7, 11) is 0. The van der Waals surface area contributed by atoms with Crippen molar-refractivity contribution in [3.8, 4) is 0 Å². The summed E-state index contributed by atoms with van der Waals surface area (Å²) in [5, 5.41) is 9.29. The van der Waals surface area contributed by atoms with E-state index >= 15 is 0 Å². The van der Waals surface area contributed by atoms with Gasteiger partial charge in [0.2, 0.25) is 5.91 Å². The standard InChI is InChI=1S/C19H23N3O5/c23-17(24)12-22-16-11-13(18(25)20-7-9-27-10-8-20)4-5-14(16)21-6-2-1-3-15(21)19(22)26/h4-5,11,15H,1-3,6-10,12H2,(H,23,24). The van der Waals surface area contributed by atoms with Crippen LogP contribution in [0.1, 0.15) is 29.6 Å². The van der Waals surface area contributed by atoms with Crippen molar-refractivity contribution in [1.29, 1.82) is 0 Å². The lowest BCUT2D eigenvalue weighted by Crippen LogP contribution is -2.56. The van der Waals surface area contributed by atoms with Gasteiger partial charge >= 0.3 is 5.97 Å². The largest absolute Gasteiger partial charge is 0.480 e. The molecule has 144 valence electrons. The number of carboxylic acid groups (broad SMARTS) is 1. The minimum absolute atomic E-state index is 0.121. The fraction of sp³-hybridized carbons (Fsp3) is 0.526. The number of anilines is 2. The summed E-state index contributed by atoms with van der Waals surface area (Å²) in [6, 6.07) is 4.98. The Labute approximate surface area is 157 Å². The van der Waals surface area contributed by atoms with Gasteiger partial charge in [-0.25, -0.2) is 0 Å². The number of ether oxygens (including phenoxy) is 1. The van der Waals surface area contributed by atoms with E-state index in [4.69, 9.17) is 4.74 Å². The van der Waals surface area contributed by atoms with Gasteiger partial charge in [0.05, 0.1) is 24.6 Å². The highest BCUT2D eigenvalue weighted by molar-refractivity contribution is 6.09. The van der Waals surface area contributed by atoms with Crippen LogP contribution in [0.5, 0.6) is 0 Å². The van der Waals surface area contributed by atoms with Crippen LogP contribution in [0.15, 0.2) is 18.2 Å². The SMILES string of the molecule is O=C(O)CN1C(=O)C2CCCCN2c2ccc(C(=O)N3CCOCC3)cc21. The van der Waals surface area contributed by atoms with E-state index in [0.717, 1.165) is 31.5 Å². The minimum atomic E-state index is -1.07. The van der Waals surface area contributed by atoms with E-state index in [-0.39, 0.29) is 17.9 Å². The molecule has 2 amide bonds. The molecule has 1 aromatic carbocycles. The molecule has 0 saturated carbocycles. The molecule has 1 atom stereocenters. The molecule has 0 spiro atoms. The molecule has 3 aliphatic heterocycles. The van der Waals surface area contributed by atoms with Crippen LogP contribution in [0.25, 0.3) is 0 Å². The molecule has 2 saturated heterocycles. The topological polar surface area (TPSA) is 90.4 Å². The molecule has 27 heavy (non-hydrogen) atoms. The molecular weight excluding hydrogens is 350 g/mol. The molecule has 0 radical (unpaired) electrons. The summed E-state index contributed by atoms with van der Waals surface area (Å²) >= 11 is 0. The van der Waals surface area contributed by atoms with Gasteiger partial charge < -0.3 is 19.6 Å². The van der Waals surface area contributed by atoms with Gasteiger partial charge in [-0.2, -0.15) is 0 Å². The Bertz CT molecular complexity index is 775. The smallest absolute Gasteiger partial charge is 0.323 e. The second-order valence-corrected chi connectivity index (χ2v) is 7.13. The lowest BCUT2D eigenvalue weighted by Gasteiger charge is -2.45. The van der Waals surface area contributed by atoms with Gasteiger partial charge in [-0.05, 0) is 37.5 Å². The van der Waals surface area contributed by atoms with Gasteiger partial charge in [-0.3, -0.25) is 19.3 Å². The van der Waals surface area contributed by atoms with Crippen LogP contribution in [0.4, 0.5) is 11.4 Å². The quantitative estimate of drug-likeness (QED) is 0.848. The van der Waals surface area contributed by atoms with E-state index in [2.05, 4.69) is 4.90 Å². The van der Waals surface area contributed by atoms with Crippen LogP contribution in [-0.4, -0.2) is 73.2 Å². The summed E-state index contributed by atoms with van der Waals surface area (Å²) in [4.78, 5) is 42.2. The fourth-order valence-corrected chi connectivity index (χ4v) is 4.14. The third-order valence-corrected chi connectivity index (χ3v) is 5.47. The zero-order valence-corrected chi connectivity index (χ0v) is 15.1. The number of morpholine rings is 1. The van der Waals surface area contributed by atoms with E-state index in [1.165, 1.54) is 4.90 Å². The number of carbonyl (C=O) groups excluding carboxylic acids is 2. The highest BCUT2D eigenvalue weighted by Gasteiger charge is 2.40. The zero-order chi connectivity index (χ0) is 19.0. The molecule has 8 heteroatoms. The van der Waals surface area contributed by atoms with E-state index in [1.54, 1.807) is 17.0 Å². The monoisotopic (exact) mass is 373 g/mol. The number of fused-ring (bicyclic) bond motifs is 3. The van der Waals surface area contributed by atoms with Crippen LogP contribution in [0.3, 0.4) is 0 Å². The van der Waals surface area contributed by atoms with Crippen LogP contribution >= 0.6 is 0 Å². The summed E-state index contributed by atoms with van der Waals surface area (Å²) in [6.45, 7) is 2.45. The van der Waals surface area contributed by atoms with Crippen molar-refractivity contribution in [1.82, 2.24) is 4.90 Å². The van der Waals surface area contributed by atoms with Crippen molar-refractivity contribution < 1.29 is 24.2 Å². The van der Waals surface area contributed by atoms with E-state index in [0.29, 0.717) is 37.6 Å². The van der Waals surface area contributed by atoms with Gasteiger partial charge in [0.25, 0.3) is 5.91 Å². The molecule has 0 aromatic heterocycles. The highest BCUT2D eigenvalue weighted by atomic mass is 16.5. The number of nitrogens with zero attached hydrogens (tertiary/aromatic N) is 3. The van der Waals surface area contributed by atoms with Crippen molar-refractivity contribution >= 4 is 29.2 Å². The molecule has 1 aromatic rings. The molecule has 0 bridgehead atoms. The maximum Gasteiger partial charge on any atom is 0.323 e. The molecule has 1 N–H and O–H groups in total. The maximum atomic E-state index is 12.9. The number of rotatable bonds is 3. The van der Waals surface area contributed by atoms with Crippen molar-refractivity contribution in [2.45, 2.75) is 25.3 Å². The van der Waals surface area contributed by atoms with Crippen molar-refractivity contribution in [2.75, 3.05) is 49.2 Å². The third-order valence-electron chi connectivity index (χ3n) is 5.47. The third kappa shape index (κ3) is 3.25. The van der Waals surface area contributed by atoms with Gasteiger partial charge in [-0.1, -0.05) is 0 Å². The first-order chi connectivity index (χ1) is 13.1. The van der Waals surface area contributed by atoms with Gasteiger partial charge in [0.15, 0.2) is 0 Å². The van der Waals surface area contributed by atoms with E-state index in [9.17, 15) is 19.5 Å². The summed E-state index contributed by atoms with van der Waals surface area (Å²) < 4.78 is 5.29. The lowest BCUT2D eigenvalue weighted by molar-refractivity contribution is -0.137. The predicted molar refractivity (Wildman–Crippen MR) is 98.1 cm³/mol. The number of carboxylic acids is 1. The maximum absolute atomic E-state index is 12.9. The first kappa shape index (κ1) is 17.8. The molecule has 2 fully saturated rings. The van der Waals surface area contributed by atoms with Crippen LogP contribution in [0, 0.1) is 0 Å². The lowest BCUT2D eigenvalue weighted by atomic mass is 9.95. The van der Waals surface area contributed by atoms with Gasteiger partial charge in [0.1, 0.15) is 12.6 Å². The summed E-state index contributed by atoms with van der Waals surface area (Å²) in [5.74, 6) is -1.38. The van der Waals surface area contributed by atoms with Crippen LogP contribution in [-0.2, 0) is 14.3 Å². The molecular formula is C19H23N3O5. The second-order valence-electron chi connectivity index (χ2n) is 7.13. The molecule has 4 rings (SSSR count). The Morgan fingerprint density at radius 3 is 2.63 bits per heavy atom. The number of hydrogen-bond donors (Lipinski definition) is 1. The first-order valence-electron chi connectivity index (χ1n) is 9.37. The van der Waals surface area contributed by atoms with Crippen molar-refractivity contribution in [3.63, 3.8) is 0 Å². The molecule has 8 nitrogen and oxygen atoms in total. The number of aliphatic carboxylic acids is 1. The number of hydrogen-bond acceptors (Lipinski definition) is 5. The van der Waals surface area contributed by atoms with Crippen molar-refractivity contribution in [2.24, 2.45) is 0 Å². The highest BCUT2D eigenvalue weighted by Crippen LogP contribution is 2.40. The van der Waals surface area contributed by atoms with Crippen LogP contribution < -0.4 is 9.80 Å². The Morgan fingerprint density at radius 1 is 1.11 bits per heavy atom. The number of piperidine rings is 1. The minimum Gasteiger partial charge on any atom is -0.480 e. The van der Waals surface area contributed by atoms with Crippen LogP contribution in [0.2, 0.25) is 0 Å². The molecule has 3 aliphatic rings. The molecule has 0 aliphatic carbocycles. The van der Waals surface area contributed by atoms with E-state index < -0.39 is 12.5 Å². The van der Waals surface area contributed by atoms with Gasteiger partial charge in [0, 0.05) is 25.2 Å². The van der Waals surface area contributed by atoms with E-state index in [1.807, 2.05) is 6.07 Å². The zero-order valence-electron chi connectivity index (χ0n) is 15.1.